The van der Waals surface area contributed by atoms with Crippen LogP contribution in [0.4, 0.5) is 34.1 Å². The molecule has 544 valence electrons. The van der Waals surface area contributed by atoms with Crippen LogP contribution < -0.4 is 9.80 Å². The minimum atomic E-state index is 1.11. The van der Waals surface area contributed by atoms with Crippen molar-refractivity contribution in [3.63, 3.8) is 0 Å². The lowest BCUT2D eigenvalue weighted by molar-refractivity contribution is 1.18. The van der Waals surface area contributed by atoms with E-state index in [1.54, 1.807) is 0 Å². The number of para-hydroxylation sites is 4. The number of fused-ring (bicyclic) bond motifs is 11. The van der Waals surface area contributed by atoms with Crippen LogP contribution in [-0.4, -0.2) is 9.13 Å². The molecule has 0 atom stereocenters. The molecule has 0 aliphatic heterocycles. The number of nitrogens with zero attached hydrogens (tertiary/aromatic N) is 4. The summed E-state index contributed by atoms with van der Waals surface area (Å²) >= 11 is 0. The quantitative estimate of drug-likeness (QED) is 0.108. The van der Waals surface area contributed by atoms with Crippen molar-refractivity contribution in [3.8, 4) is 78.1 Å². The van der Waals surface area contributed by atoms with Crippen molar-refractivity contribution in [1.82, 2.24) is 9.13 Å². The Morgan fingerprint density at radius 1 is 0.147 bits per heavy atom. The van der Waals surface area contributed by atoms with E-state index in [-0.39, 0.29) is 0 Å². The number of hydrogen-bond acceptors (Lipinski definition) is 2. The third kappa shape index (κ3) is 12.8. The molecule has 0 amide bonds. The Morgan fingerprint density at radius 3 is 0.948 bits per heavy atom. The van der Waals surface area contributed by atoms with Crippen LogP contribution in [0.5, 0.6) is 0 Å². The number of benzene rings is 20. The summed E-state index contributed by atoms with van der Waals surface area (Å²) in [5, 5.41) is 15.1. The van der Waals surface area contributed by atoms with Crippen molar-refractivity contribution < 1.29 is 0 Å². The molecule has 0 saturated carbocycles. The van der Waals surface area contributed by atoms with Crippen molar-refractivity contribution in [2.45, 2.75) is 0 Å². The van der Waals surface area contributed by atoms with Crippen molar-refractivity contribution in [1.29, 1.82) is 0 Å². The molecule has 4 nitrogen and oxygen atoms in total. The Bertz CT molecular complexity index is 7360. The summed E-state index contributed by atoms with van der Waals surface area (Å²) in [7, 11) is 0. The maximum Gasteiger partial charge on any atom is 0.0547 e. The maximum absolute atomic E-state index is 2.40. The molecule has 0 N–H and O–H groups in total. The highest BCUT2D eigenvalue weighted by Crippen LogP contribution is 2.44. The van der Waals surface area contributed by atoms with E-state index >= 15 is 0 Å². The molecule has 116 heavy (non-hydrogen) atoms. The Labute approximate surface area is 674 Å². The van der Waals surface area contributed by atoms with Gasteiger partial charge in [-0.15, -0.1) is 0 Å². The lowest BCUT2D eigenvalue weighted by atomic mass is 9.98. The molecule has 0 bridgehead atoms. The van der Waals surface area contributed by atoms with Crippen LogP contribution in [0, 0.1) is 0 Å². The van der Waals surface area contributed by atoms with E-state index in [2.05, 4.69) is 480 Å². The fourth-order valence-electron chi connectivity index (χ4n) is 17.4. The summed E-state index contributed by atoms with van der Waals surface area (Å²) in [6.07, 6.45) is 0. The highest BCUT2D eigenvalue weighted by Gasteiger charge is 2.21. The highest BCUT2D eigenvalue weighted by molar-refractivity contribution is 6.22. The second-order valence-electron chi connectivity index (χ2n) is 30.0. The Balaban J connectivity index is 0.000000145. The third-order valence-electron chi connectivity index (χ3n) is 23.1. The molecular weight excluding hydrogens is 1400 g/mol. The summed E-state index contributed by atoms with van der Waals surface area (Å²) in [5.41, 5.74) is 28.3. The van der Waals surface area contributed by atoms with Crippen LogP contribution in [0.25, 0.3) is 165 Å². The topological polar surface area (TPSA) is 16.3 Å². The normalized spacial score (nSPS) is 11.4. The molecule has 4 heteroatoms. The van der Waals surface area contributed by atoms with E-state index in [9.17, 15) is 0 Å². The Morgan fingerprint density at radius 2 is 0.448 bits per heavy atom. The van der Waals surface area contributed by atoms with Crippen molar-refractivity contribution in [2.75, 3.05) is 9.80 Å². The van der Waals surface area contributed by atoms with Crippen molar-refractivity contribution >= 4 is 121 Å². The van der Waals surface area contributed by atoms with Crippen LogP contribution >= 0.6 is 0 Å². The maximum atomic E-state index is 2.40. The molecule has 0 aliphatic carbocycles. The van der Waals surface area contributed by atoms with Crippen LogP contribution in [0.1, 0.15) is 0 Å². The largest absolute Gasteiger partial charge is 0.311 e. The zero-order chi connectivity index (χ0) is 76.8. The molecule has 0 radical (unpaired) electrons. The summed E-state index contributed by atoms with van der Waals surface area (Å²) < 4.78 is 4.79. The predicted molar refractivity (Wildman–Crippen MR) is 494 cm³/mol. The first-order valence-corrected chi connectivity index (χ1v) is 39.8. The lowest BCUT2D eigenvalue weighted by Gasteiger charge is -2.26. The number of rotatable bonds is 14. The molecule has 22 aromatic rings. The van der Waals surface area contributed by atoms with Gasteiger partial charge in [0, 0.05) is 67.0 Å². The average Bonchev–Trinajstić information content (AvgIpc) is 1.58. The van der Waals surface area contributed by atoms with E-state index in [0.717, 1.165) is 34.1 Å². The zero-order valence-electron chi connectivity index (χ0n) is 63.7. The molecule has 0 spiro atoms. The van der Waals surface area contributed by atoms with Gasteiger partial charge in [-0.25, -0.2) is 0 Å². The first-order chi connectivity index (χ1) is 57.5. The number of anilines is 6. The van der Waals surface area contributed by atoms with Gasteiger partial charge in [-0.05, 0) is 255 Å². The van der Waals surface area contributed by atoms with Gasteiger partial charge in [0.05, 0.1) is 22.1 Å². The van der Waals surface area contributed by atoms with Crippen molar-refractivity contribution in [2.24, 2.45) is 0 Å². The highest BCUT2D eigenvalue weighted by atomic mass is 15.1. The third-order valence-corrected chi connectivity index (χ3v) is 23.1. The second-order valence-corrected chi connectivity index (χ2v) is 30.0. The number of hydrogen-bond donors (Lipinski definition) is 0. The van der Waals surface area contributed by atoms with Crippen LogP contribution in [-0.2, 0) is 0 Å². The Kier molecular flexibility index (Phi) is 17.6. The Hall–Kier alpha value is -15.4. The smallest absolute Gasteiger partial charge is 0.0547 e. The molecule has 0 fully saturated rings. The molecule has 2 aromatic heterocycles. The standard InChI is InChI=1S/2C56H38N2/c1-3-16-47(17-4-1)57(50-33-28-43(29-34-50)52-21-11-15-42-12-9-10-20-51(42)52)49-31-26-40(27-32-49)39-22-24-41(25-23-39)46-30-35-55-53(37-46)54-36-44-13-7-8-14-45(44)38-56(54)58(55)48-18-5-2-6-19-48;1-3-14-48(15-4-1)57(51-33-27-43(28-34-51)46-24-23-39-11-7-8-13-45(39)37-46)50-31-25-41(26-32-50)40-19-21-42(22-20-40)47-30-35-54-53(38-47)56-52-18-10-9-12-44(52)29-36-55(56)58(54)49-16-5-2-6-17-49/h2*1-38H. The van der Waals surface area contributed by atoms with Gasteiger partial charge < -0.3 is 18.9 Å². The molecule has 0 saturated heterocycles. The molecule has 0 aliphatic rings. The molecule has 20 aromatic carbocycles. The summed E-state index contributed by atoms with van der Waals surface area (Å²) in [6, 6.07) is 167. The van der Waals surface area contributed by atoms with Gasteiger partial charge in [0.1, 0.15) is 0 Å². The van der Waals surface area contributed by atoms with Crippen LogP contribution in [0.15, 0.2) is 461 Å². The van der Waals surface area contributed by atoms with Crippen molar-refractivity contribution in [3.05, 3.63) is 461 Å². The average molecular weight is 1480 g/mol. The number of aromatic nitrogens is 2. The van der Waals surface area contributed by atoms with Crippen LogP contribution in [0.2, 0.25) is 0 Å². The molecular formula is C112H76N4. The molecule has 2 heterocycles. The summed E-state index contributed by atoms with van der Waals surface area (Å²) in [6.45, 7) is 0. The minimum absolute atomic E-state index is 1.11. The minimum Gasteiger partial charge on any atom is -0.311 e. The van der Waals surface area contributed by atoms with Gasteiger partial charge in [0.15, 0.2) is 0 Å². The van der Waals surface area contributed by atoms with E-state index in [4.69, 9.17) is 0 Å². The zero-order valence-corrected chi connectivity index (χ0v) is 63.7. The van der Waals surface area contributed by atoms with Gasteiger partial charge in [0.25, 0.3) is 0 Å². The molecule has 0 unspecified atom stereocenters. The summed E-state index contributed by atoms with van der Waals surface area (Å²) in [5.74, 6) is 0. The second kappa shape index (κ2) is 29.7. The van der Waals surface area contributed by atoms with Gasteiger partial charge in [0.2, 0.25) is 0 Å². The lowest BCUT2D eigenvalue weighted by Crippen LogP contribution is -2.09. The van der Waals surface area contributed by atoms with E-state index < -0.39 is 0 Å². The monoisotopic (exact) mass is 1480 g/mol. The van der Waals surface area contributed by atoms with E-state index in [1.807, 2.05) is 0 Å². The van der Waals surface area contributed by atoms with E-state index in [1.165, 1.54) is 165 Å². The molecule has 22 rings (SSSR count). The predicted octanol–water partition coefficient (Wildman–Crippen LogP) is 31.1. The summed E-state index contributed by atoms with van der Waals surface area (Å²) in [4.78, 5) is 4.65. The van der Waals surface area contributed by atoms with Crippen LogP contribution in [0.3, 0.4) is 0 Å². The van der Waals surface area contributed by atoms with Gasteiger partial charge in [-0.3, -0.25) is 0 Å². The van der Waals surface area contributed by atoms with Gasteiger partial charge >= 0.3 is 0 Å². The fraction of sp³-hybridized carbons (Fsp3) is 0. The first kappa shape index (κ1) is 68.7. The first-order valence-electron chi connectivity index (χ1n) is 39.8. The van der Waals surface area contributed by atoms with Gasteiger partial charge in [-0.2, -0.15) is 0 Å². The fourth-order valence-corrected chi connectivity index (χ4v) is 17.4. The van der Waals surface area contributed by atoms with E-state index in [0.29, 0.717) is 0 Å². The van der Waals surface area contributed by atoms with Gasteiger partial charge in [-0.1, -0.05) is 315 Å². The SMILES string of the molecule is c1ccc(N(c2ccc(-c3ccc(-c4ccc5c(c4)c4c6ccccc6ccc4n5-c4ccccc4)cc3)cc2)c2ccc(-c3ccc4ccccc4c3)cc2)cc1.c1ccc(N(c2ccc(-c3ccc(-c4ccc5c(c4)c4cc6ccccc6cc4n5-c4ccccc4)cc3)cc2)c2ccc(-c3cccc4ccccc34)cc2)cc1.